The van der Waals surface area contributed by atoms with Crippen LogP contribution in [0.2, 0.25) is 0 Å². The number of nitrogens with one attached hydrogen (secondary N) is 8. The Morgan fingerprint density at radius 1 is 0.358 bits per heavy atom. The summed E-state index contributed by atoms with van der Waals surface area (Å²) in [5, 5.41) is 25.6. The molecule has 440 valence electrons. The van der Waals surface area contributed by atoms with E-state index < -0.39 is 16.8 Å². The molecular formula is C65H94N10O6. The molecule has 0 aliphatic carbocycles. The van der Waals surface area contributed by atoms with Gasteiger partial charge in [-0.1, -0.05) is 91.0 Å². The third kappa shape index (κ3) is 23.4. The van der Waals surface area contributed by atoms with Crippen LogP contribution < -0.4 is 54.0 Å². The average molecular weight is 1110 g/mol. The van der Waals surface area contributed by atoms with E-state index in [1.807, 2.05) is 98.7 Å². The van der Waals surface area contributed by atoms with E-state index in [0.717, 1.165) is 114 Å². The van der Waals surface area contributed by atoms with Crippen LogP contribution in [-0.4, -0.2) is 98.0 Å². The van der Waals surface area contributed by atoms with Gasteiger partial charge in [0.05, 0.1) is 0 Å². The highest BCUT2D eigenvalue weighted by molar-refractivity contribution is 5.69. The van der Waals surface area contributed by atoms with Crippen LogP contribution >= 0.6 is 0 Å². The fourth-order valence-electron chi connectivity index (χ4n) is 9.71. The summed E-state index contributed by atoms with van der Waals surface area (Å²) in [6, 6.07) is 42.5. The maximum absolute atomic E-state index is 11.8. The fourth-order valence-corrected chi connectivity index (χ4v) is 9.71. The third-order valence-electron chi connectivity index (χ3n) is 13.8. The van der Waals surface area contributed by atoms with Gasteiger partial charge >= 0.3 is 18.3 Å². The summed E-state index contributed by atoms with van der Waals surface area (Å²) in [5.74, 6) is 0. The van der Waals surface area contributed by atoms with Gasteiger partial charge in [0.25, 0.3) is 0 Å². The number of aryl methyl sites for hydroxylation is 5. The molecule has 0 aromatic heterocycles. The molecule has 16 nitrogen and oxygen atoms in total. The third-order valence-corrected chi connectivity index (χ3v) is 13.8. The van der Waals surface area contributed by atoms with Crippen molar-refractivity contribution in [2.24, 2.45) is 11.5 Å². The molecule has 0 saturated heterocycles. The molecule has 5 aromatic rings. The second kappa shape index (κ2) is 30.6. The molecular weight excluding hydrogens is 1020 g/mol. The Bertz CT molecular complexity index is 2360. The van der Waals surface area contributed by atoms with Crippen molar-refractivity contribution in [1.82, 2.24) is 16.0 Å². The number of rotatable bonds is 3. The van der Waals surface area contributed by atoms with E-state index in [-0.39, 0.29) is 36.4 Å². The summed E-state index contributed by atoms with van der Waals surface area (Å²) in [7, 11) is 0. The number of hydrogen-bond donors (Lipinski definition) is 10. The first-order valence-electron chi connectivity index (χ1n) is 29.1. The standard InChI is InChI=1S/3C15H22N2O2.2C10H14N2/c3*1-15(2,3)19-14(18)17-12-9-8-11-6-4-5-7-13(11)16-10-12;2*11-9-6-5-8-3-1-2-4-10(8)12-7-9/h3*4-7,12,16H,8-10H2,1-3H3,(H,17,18);2*1-4,9,12H,5-7,11H2. The molecule has 16 heteroatoms. The van der Waals surface area contributed by atoms with Crippen LogP contribution in [0.1, 0.15) is 122 Å². The van der Waals surface area contributed by atoms with Crippen molar-refractivity contribution < 1.29 is 28.6 Å². The number of fused-ring (bicyclic) bond motifs is 5. The van der Waals surface area contributed by atoms with Crippen molar-refractivity contribution in [2.45, 2.75) is 174 Å². The van der Waals surface area contributed by atoms with E-state index in [2.05, 4.69) is 127 Å². The number of hydrogen-bond acceptors (Lipinski definition) is 13. The second-order valence-electron chi connectivity index (χ2n) is 24.4. The number of amides is 3. The van der Waals surface area contributed by atoms with Gasteiger partial charge in [0, 0.05) is 91.4 Å². The van der Waals surface area contributed by atoms with Gasteiger partial charge in [0.2, 0.25) is 0 Å². The lowest BCUT2D eigenvalue weighted by Gasteiger charge is -2.23. The highest BCUT2D eigenvalue weighted by Gasteiger charge is 2.25. The van der Waals surface area contributed by atoms with Gasteiger partial charge in [-0.2, -0.15) is 0 Å². The quantitative estimate of drug-likeness (QED) is 0.0760. The zero-order chi connectivity index (χ0) is 58.4. The molecule has 5 aliphatic heterocycles. The van der Waals surface area contributed by atoms with Crippen molar-refractivity contribution in [3.63, 3.8) is 0 Å². The molecule has 0 saturated carbocycles. The van der Waals surface area contributed by atoms with Crippen LogP contribution in [-0.2, 0) is 46.3 Å². The van der Waals surface area contributed by atoms with E-state index in [1.54, 1.807) is 0 Å². The Kier molecular flexibility index (Phi) is 23.8. The molecule has 5 unspecified atom stereocenters. The van der Waals surface area contributed by atoms with Crippen LogP contribution in [0.25, 0.3) is 0 Å². The summed E-state index contributed by atoms with van der Waals surface area (Å²) >= 11 is 0. The minimum absolute atomic E-state index is 0.0993. The Morgan fingerprint density at radius 2 is 0.568 bits per heavy atom. The number of ether oxygens (including phenoxy) is 3. The number of para-hydroxylation sites is 5. The SMILES string of the molecule is CC(C)(C)OC(=O)NC1CCc2ccccc2NC1.CC(C)(C)OC(=O)NC1CCc2ccccc2NC1.CC(C)(C)OC(=O)NC1CCc2ccccc2NC1.NC1CCc2ccccc2NC1.NC1CCc2ccccc2NC1. The lowest BCUT2D eigenvalue weighted by Crippen LogP contribution is -2.42. The minimum Gasteiger partial charge on any atom is -0.444 e. The maximum atomic E-state index is 11.8. The van der Waals surface area contributed by atoms with Crippen molar-refractivity contribution >= 4 is 46.7 Å². The summed E-state index contributed by atoms with van der Waals surface area (Å²) in [4.78, 5) is 35.3. The van der Waals surface area contributed by atoms with Gasteiger partial charge in [-0.25, -0.2) is 14.4 Å². The largest absolute Gasteiger partial charge is 0.444 e. The molecule has 81 heavy (non-hydrogen) atoms. The zero-order valence-electron chi connectivity index (χ0n) is 49.6. The van der Waals surface area contributed by atoms with E-state index >= 15 is 0 Å². The molecule has 5 heterocycles. The number of nitrogens with two attached hydrogens (primary N) is 2. The molecule has 5 aromatic carbocycles. The Labute approximate surface area is 482 Å². The van der Waals surface area contributed by atoms with Gasteiger partial charge in [-0.3, -0.25) is 0 Å². The number of benzene rings is 5. The average Bonchev–Trinajstić information content (AvgIpc) is 3.99. The highest BCUT2D eigenvalue weighted by atomic mass is 16.6. The van der Waals surface area contributed by atoms with Crippen LogP contribution in [0.15, 0.2) is 121 Å². The number of carbonyl (C=O) groups is 3. The van der Waals surface area contributed by atoms with E-state index in [4.69, 9.17) is 25.7 Å². The monoisotopic (exact) mass is 1110 g/mol. The second-order valence-corrected chi connectivity index (χ2v) is 24.4. The number of anilines is 5. The van der Waals surface area contributed by atoms with Gasteiger partial charge in [0.15, 0.2) is 0 Å². The summed E-state index contributed by atoms with van der Waals surface area (Å²) in [5.41, 5.74) is 23.0. The topological polar surface area (TPSA) is 227 Å². The Hall–Kier alpha value is -7.17. The van der Waals surface area contributed by atoms with Crippen LogP contribution in [0, 0.1) is 0 Å². The lowest BCUT2D eigenvalue weighted by molar-refractivity contribution is 0.0493. The first-order valence-corrected chi connectivity index (χ1v) is 29.1. The first kappa shape index (κ1) is 63.0. The minimum atomic E-state index is -0.453. The normalized spacial score (nSPS) is 19.8. The molecule has 10 rings (SSSR count). The Balaban J connectivity index is 0.000000165. The Morgan fingerprint density at radius 3 is 0.802 bits per heavy atom. The maximum Gasteiger partial charge on any atom is 0.407 e. The molecule has 5 aliphatic rings. The van der Waals surface area contributed by atoms with E-state index in [1.165, 1.54) is 39.2 Å². The molecule has 0 bridgehead atoms. The zero-order valence-corrected chi connectivity index (χ0v) is 49.6. The molecule has 0 spiro atoms. The number of carbonyl (C=O) groups excluding carboxylic acids is 3. The highest BCUT2D eigenvalue weighted by Crippen LogP contribution is 2.25. The predicted molar refractivity (Wildman–Crippen MR) is 332 cm³/mol. The van der Waals surface area contributed by atoms with Crippen molar-refractivity contribution in [2.75, 3.05) is 59.3 Å². The van der Waals surface area contributed by atoms with Crippen molar-refractivity contribution in [1.29, 1.82) is 0 Å². The van der Waals surface area contributed by atoms with Gasteiger partial charge in [0.1, 0.15) is 16.8 Å². The van der Waals surface area contributed by atoms with Crippen LogP contribution in [0.4, 0.5) is 42.8 Å². The van der Waals surface area contributed by atoms with Crippen molar-refractivity contribution in [3.8, 4) is 0 Å². The van der Waals surface area contributed by atoms with Crippen LogP contribution in [0.5, 0.6) is 0 Å². The van der Waals surface area contributed by atoms with Gasteiger partial charge < -0.3 is 68.2 Å². The summed E-state index contributed by atoms with van der Waals surface area (Å²) < 4.78 is 15.8. The van der Waals surface area contributed by atoms with Crippen molar-refractivity contribution in [3.05, 3.63) is 149 Å². The first-order chi connectivity index (χ1) is 38.5. The number of alkyl carbamates (subject to hydrolysis) is 3. The predicted octanol–water partition coefficient (Wildman–Crippen LogP) is 11.6. The smallest absolute Gasteiger partial charge is 0.407 e. The van der Waals surface area contributed by atoms with Gasteiger partial charge in [-0.05, 0) is 185 Å². The molecule has 5 atom stereocenters. The molecule has 0 fully saturated rings. The molecule has 0 radical (unpaired) electrons. The fraction of sp³-hybridized carbons (Fsp3) is 0.492. The van der Waals surface area contributed by atoms with Gasteiger partial charge in [-0.15, -0.1) is 0 Å². The molecule has 3 amide bonds. The lowest BCUT2D eigenvalue weighted by atomic mass is 10.1. The summed E-state index contributed by atoms with van der Waals surface area (Å²) in [6.07, 6.45) is 9.00. The van der Waals surface area contributed by atoms with E-state index in [0.29, 0.717) is 12.1 Å². The van der Waals surface area contributed by atoms with Crippen LogP contribution in [0.3, 0.4) is 0 Å². The summed E-state index contributed by atoms with van der Waals surface area (Å²) in [6.45, 7) is 20.8. The van der Waals surface area contributed by atoms with E-state index in [9.17, 15) is 14.4 Å². The molecule has 12 N–H and O–H groups in total.